The first kappa shape index (κ1) is 8.44. The fraction of sp³-hybridized carbons (Fsp3) is 1.00. The van der Waals surface area contributed by atoms with Crippen LogP contribution in [-0.2, 0) is 0 Å². The smallest absolute Gasteiger partial charge is 0.00465 e. The van der Waals surface area contributed by atoms with E-state index in [0.717, 1.165) is 11.9 Å². The van der Waals surface area contributed by atoms with Gasteiger partial charge >= 0.3 is 0 Å². The predicted octanol–water partition coefficient (Wildman–Crippen LogP) is 1.77. The second kappa shape index (κ2) is 5.57. The summed E-state index contributed by atoms with van der Waals surface area (Å²) < 4.78 is 0. The molecule has 0 fully saturated rings. The summed E-state index contributed by atoms with van der Waals surface area (Å²) in [5.41, 5.74) is 0. The Morgan fingerprint density at radius 1 is 1.62 bits per heavy atom. The molecular formula is C6H14BrN. The molecule has 0 saturated carbocycles. The molecule has 1 atom stereocenters. The summed E-state index contributed by atoms with van der Waals surface area (Å²) in [7, 11) is 0. The van der Waals surface area contributed by atoms with Crippen molar-refractivity contribution in [1.29, 1.82) is 0 Å². The van der Waals surface area contributed by atoms with Gasteiger partial charge in [-0.05, 0) is 19.9 Å². The Hall–Kier alpha value is 0.440. The minimum Gasteiger partial charge on any atom is -0.315 e. The van der Waals surface area contributed by atoms with Crippen LogP contribution in [0.1, 0.15) is 20.3 Å². The van der Waals surface area contributed by atoms with Crippen molar-refractivity contribution < 1.29 is 0 Å². The van der Waals surface area contributed by atoms with Crippen LogP contribution in [0.5, 0.6) is 0 Å². The lowest BCUT2D eigenvalue weighted by Gasteiger charge is -2.08. The van der Waals surface area contributed by atoms with E-state index < -0.39 is 0 Å². The van der Waals surface area contributed by atoms with Gasteiger partial charge in [-0.25, -0.2) is 0 Å². The molecule has 0 aliphatic heterocycles. The Bertz CT molecular complexity index is 41.8. The molecule has 0 aromatic carbocycles. The number of rotatable bonds is 4. The van der Waals surface area contributed by atoms with Gasteiger partial charge in [0.2, 0.25) is 0 Å². The van der Waals surface area contributed by atoms with Crippen LogP contribution in [0, 0.1) is 0 Å². The zero-order chi connectivity index (χ0) is 6.41. The van der Waals surface area contributed by atoms with Gasteiger partial charge in [0.05, 0.1) is 0 Å². The Morgan fingerprint density at radius 2 is 2.25 bits per heavy atom. The quantitative estimate of drug-likeness (QED) is 0.650. The van der Waals surface area contributed by atoms with E-state index in [1.165, 1.54) is 6.42 Å². The molecule has 0 heterocycles. The molecule has 0 rings (SSSR count). The summed E-state index contributed by atoms with van der Waals surface area (Å²) in [6.07, 6.45) is 1.22. The van der Waals surface area contributed by atoms with Gasteiger partial charge in [0.25, 0.3) is 0 Å². The second-order valence-electron chi connectivity index (χ2n) is 1.94. The highest BCUT2D eigenvalue weighted by Crippen LogP contribution is 1.93. The molecule has 2 heteroatoms. The molecule has 0 amide bonds. The SMILES string of the molecule is CCNC(C)CCBr. The monoisotopic (exact) mass is 179 g/mol. The van der Waals surface area contributed by atoms with E-state index in [-0.39, 0.29) is 0 Å². The number of hydrogen-bond donors (Lipinski definition) is 1. The highest BCUT2D eigenvalue weighted by atomic mass is 79.9. The third kappa shape index (κ3) is 4.60. The van der Waals surface area contributed by atoms with Crippen molar-refractivity contribution >= 4 is 15.9 Å². The first-order chi connectivity index (χ1) is 3.81. The van der Waals surface area contributed by atoms with Crippen LogP contribution < -0.4 is 5.32 Å². The van der Waals surface area contributed by atoms with Crippen molar-refractivity contribution in [3.63, 3.8) is 0 Å². The van der Waals surface area contributed by atoms with Gasteiger partial charge in [0.1, 0.15) is 0 Å². The van der Waals surface area contributed by atoms with Crippen LogP contribution in [0.4, 0.5) is 0 Å². The average molecular weight is 180 g/mol. The van der Waals surface area contributed by atoms with Crippen molar-refractivity contribution in [2.24, 2.45) is 0 Å². The van der Waals surface area contributed by atoms with E-state index in [4.69, 9.17) is 0 Å². The minimum atomic E-state index is 0.666. The molecule has 50 valence electrons. The zero-order valence-corrected chi connectivity index (χ0v) is 7.16. The fourth-order valence-corrected chi connectivity index (χ4v) is 1.30. The summed E-state index contributed by atoms with van der Waals surface area (Å²) in [4.78, 5) is 0. The largest absolute Gasteiger partial charge is 0.315 e. The minimum absolute atomic E-state index is 0.666. The molecule has 8 heavy (non-hydrogen) atoms. The van der Waals surface area contributed by atoms with Gasteiger partial charge in [-0.2, -0.15) is 0 Å². The van der Waals surface area contributed by atoms with Crippen molar-refractivity contribution in [2.75, 3.05) is 11.9 Å². The third-order valence-corrected chi connectivity index (χ3v) is 1.55. The van der Waals surface area contributed by atoms with Crippen LogP contribution in [-0.4, -0.2) is 17.9 Å². The topological polar surface area (TPSA) is 12.0 Å². The van der Waals surface area contributed by atoms with Crippen LogP contribution in [0.3, 0.4) is 0 Å². The Kier molecular flexibility index (Phi) is 5.88. The van der Waals surface area contributed by atoms with Crippen molar-refractivity contribution in [1.82, 2.24) is 5.32 Å². The maximum Gasteiger partial charge on any atom is 0.00465 e. The summed E-state index contributed by atoms with van der Waals surface area (Å²) in [5.74, 6) is 0. The van der Waals surface area contributed by atoms with Crippen LogP contribution in [0.25, 0.3) is 0 Å². The van der Waals surface area contributed by atoms with E-state index >= 15 is 0 Å². The number of nitrogens with one attached hydrogen (secondary N) is 1. The van der Waals surface area contributed by atoms with Crippen molar-refractivity contribution in [3.8, 4) is 0 Å². The average Bonchev–Trinajstić information content (AvgIpc) is 1.68. The Labute approximate surface area is 60.0 Å². The van der Waals surface area contributed by atoms with Crippen molar-refractivity contribution in [3.05, 3.63) is 0 Å². The maximum absolute atomic E-state index is 3.38. The summed E-state index contributed by atoms with van der Waals surface area (Å²) in [6, 6.07) is 0.666. The van der Waals surface area contributed by atoms with Crippen LogP contribution in [0.2, 0.25) is 0 Å². The molecule has 0 aliphatic rings. The van der Waals surface area contributed by atoms with Gasteiger partial charge in [-0.1, -0.05) is 22.9 Å². The van der Waals surface area contributed by atoms with Gasteiger partial charge in [-0.3, -0.25) is 0 Å². The number of halogens is 1. The highest BCUT2D eigenvalue weighted by molar-refractivity contribution is 9.09. The lowest BCUT2D eigenvalue weighted by molar-refractivity contribution is 0.558. The molecule has 1 unspecified atom stereocenters. The maximum atomic E-state index is 3.38. The molecule has 0 saturated heterocycles. The van der Waals surface area contributed by atoms with E-state index in [0.29, 0.717) is 6.04 Å². The first-order valence-electron chi connectivity index (χ1n) is 3.10. The molecule has 0 aromatic rings. The molecule has 0 radical (unpaired) electrons. The molecule has 1 nitrogen and oxygen atoms in total. The predicted molar refractivity (Wildman–Crippen MR) is 41.5 cm³/mol. The molecule has 0 aromatic heterocycles. The second-order valence-corrected chi connectivity index (χ2v) is 2.73. The van der Waals surface area contributed by atoms with Crippen molar-refractivity contribution in [2.45, 2.75) is 26.3 Å². The molecular weight excluding hydrogens is 166 g/mol. The summed E-state index contributed by atoms with van der Waals surface area (Å²) in [5, 5.41) is 4.41. The molecule has 1 N–H and O–H groups in total. The summed E-state index contributed by atoms with van der Waals surface area (Å²) >= 11 is 3.38. The highest BCUT2D eigenvalue weighted by Gasteiger charge is 1.94. The third-order valence-electron chi connectivity index (χ3n) is 1.09. The van der Waals surface area contributed by atoms with Crippen LogP contribution in [0.15, 0.2) is 0 Å². The Balaban J connectivity index is 2.92. The van der Waals surface area contributed by atoms with Crippen LogP contribution >= 0.6 is 15.9 Å². The van der Waals surface area contributed by atoms with Gasteiger partial charge in [-0.15, -0.1) is 0 Å². The van der Waals surface area contributed by atoms with Gasteiger partial charge < -0.3 is 5.32 Å². The lowest BCUT2D eigenvalue weighted by Crippen LogP contribution is -2.25. The number of alkyl halides is 1. The normalized spacial score (nSPS) is 13.9. The van der Waals surface area contributed by atoms with E-state index in [1.54, 1.807) is 0 Å². The van der Waals surface area contributed by atoms with E-state index in [2.05, 4.69) is 35.1 Å². The lowest BCUT2D eigenvalue weighted by atomic mass is 10.3. The Morgan fingerprint density at radius 3 is 2.62 bits per heavy atom. The summed E-state index contributed by atoms with van der Waals surface area (Å²) in [6.45, 7) is 5.41. The fourth-order valence-electron chi connectivity index (χ4n) is 0.614. The van der Waals surface area contributed by atoms with E-state index in [9.17, 15) is 0 Å². The zero-order valence-electron chi connectivity index (χ0n) is 5.58. The number of hydrogen-bond acceptors (Lipinski definition) is 1. The molecule has 0 aliphatic carbocycles. The first-order valence-corrected chi connectivity index (χ1v) is 4.22. The standard InChI is InChI=1S/C6H14BrN/c1-3-8-6(2)4-5-7/h6,8H,3-5H2,1-2H3. The van der Waals surface area contributed by atoms with Gasteiger partial charge in [0, 0.05) is 11.4 Å². The molecule has 0 bridgehead atoms. The molecule has 0 spiro atoms. The van der Waals surface area contributed by atoms with E-state index in [1.807, 2.05) is 0 Å². The van der Waals surface area contributed by atoms with Gasteiger partial charge in [0.15, 0.2) is 0 Å².